The molecule has 0 radical (unpaired) electrons. The van der Waals surface area contributed by atoms with E-state index in [-0.39, 0.29) is 24.3 Å². The summed E-state index contributed by atoms with van der Waals surface area (Å²) in [4.78, 5) is 31.6. The van der Waals surface area contributed by atoms with Crippen molar-refractivity contribution in [2.24, 2.45) is 0 Å². The number of para-hydroxylation sites is 1. The lowest BCUT2D eigenvalue weighted by Crippen LogP contribution is -2.40. The summed E-state index contributed by atoms with van der Waals surface area (Å²) in [5.41, 5.74) is 5.22. The van der Waals surface area contributed by atoms with Gasteiger partial charge in [-0.3, -0.25) is 9.59 Å². The molecule has 5 nitrogen and oxygen atoms in total. The molecule has 0 saturated carbocycles. The van der Waals surface area contributed by atoms with Crippen LogP contribution in [0.1, 0.15) is 41.1 Å². The summed E-state index contributed by atoms with van der Waals surface area (Å²) < 4.78 is 1.19. The summed E-state index contributed by atoms with van der Waals surface area (Å²) in [5.74, 6) is -0.0941. The van der Waals surface area contributed by atoms with E-state index < -0.39 is 0 Å². The number of benzene rings is 3. The number of carbonyl (C=O) groups excluding carboxylic acids is 2. The van der Waals surface area contributed by atoms with Gasteiger partial charge in [0.25, 0.3) is 0 Å². The van der Waals surface area contributed by atoms with Crippen LogP contribution in [0.4, 0.5) is 5.69 Å². The monoisotopic (exact) mass is 455 g/mol. The number of rotatable bonds is 5. The van der Waals surface area contributed by atoms with Gasteiger partial charge in [-0.05, 0) is 47.4 Å². The van der Waals surface area contributed by atoms with Gasteiger partial charge in [0.15, 0.2) is 0 Å². The lowest BCUT2D eigenvalue weighted by Gasteiger charge is -2.36. The van der Waals surface area contributed by atoms with Crippen LogP contribution in [-0.2, 0) is 22.4 Å². The third-order valence-corrected chi connectivity index (χ3v) is 7.16. The Hall–Kier alpha value is -3.51. The molecule has 4 aromatic rings. The van der Waals surface area contributed by atoms with Crippen LogP contribution < -0.4 is 5.32 Å². The second-order valence-electron chi connectivity index (χ2n) is 8.38. The van der Waals surface area contributed by atoms with Gasteiger partial charge in [0, 0.05) is 25.6 Å². The highest BCUT2D eigenvalue weighted by molar-refractivity contribution is 7.18. The smallest absolute Gasteiger partial charge is 0.226 e. The molecule has 166 valence electrons. The first-order valence-corrected chi connectivity index (χ1v) is 12.0. The molecule has 0 aliphatic carbocycles. The van der Waals surface area contributed by atoms with Crippen molar-refractivity contribution in [1.29, 1.82) is 0 Å². The average molecular weight is 456 g/mol. The number of hydrogen-bond donors (Lipinski definition) is 1. The molecule has 5 rings (SSSR count). The number of thiazole rings is 1. The van der Waals surface area contributed by atoms with E-state index in [1.54, 1.807) is 18.3 Å². The fraction of sp³-hybridized carbons (Fsp3) is 0.222. The molecular weight excluding hydrogens is 430 g/mol. The Morgan fingerprint density at radius 1 is 1.03 bits per heavy atom. The molecule has 1 unspecified atom stereocenters. The Balaban J connectivity index is 1.25. The summed E-state index contributed by atoms with van der Waals surface area (Å²) in [5, 5.41) is 4.08. The third-order valence-electron chi connectivity index (χ3n) is 6.13. The van der Waals surface area contributed by atoms with Crippen molar-refractivity contribution in [3.63, 3.8) is 0 Å². The highest BCUT2D eigenvalue weighted by Crippen LogP contribution is 2.32. The molecule has 1 aliphatic heterocycles. The predicted molar refractivity (Wildman–Crippen MR) is 132 cm³/mol. The minimum atomic E-state index is -0.231. The first kappa shape index (κ1) is 21.3. The van der Waals surface area contributed by atoms with Gasteiger partial charge >= 0.3 is 0 Å². The highest BCUT2D eigenvalue weighted by atomic mass is 32.1. The van der Waals surface area contributed by atoms with Crippen LogP contribution >= 0.6 is 11.3 Å². The topological polar surface area (TPSA) is 62.3 Å². The zero-order chi connectivity index (χ0) is 22.8. The Morgan fingerprint density at radius 3 is 2.58 bits per heavy atom. The summed E-state index contributed by atoms with van der Waals surface area (Å²) in [6.07, 6.45) is 1.83. The molecule has 2 heterocycles. The Bertz CT molecular complexity index is 1280. The molecule has 1 aliphatic rings. The first-order valence-electron chi connectivity index (χ1n) is 11.1. The lowest BCUT2D eigenvalue weighted by molar-refractivity contribution is -0.132. The fourth-order valence-electron chi connectivity index (χ4n) is 4.51. The summed E-state index contributed by atoms with van der Waals surface area (Å²) in [6.45, 7) is 2.22. The van der Waals surface area contributed by atoms with Gasteiger partial charge in [0.05, 0.1) is 27.7 Å². The maximum absolute atomic E-state index is 12.9. The SMILES string of the molecule is CC(=O)N1CCc2ccccc2C1CC(=O)Nc1ccc(Cc2nc3ccccc3s2)cc1. The third kappa shape index (κ3) is 4.66. The zero-order valence-electron chi connectivity index (χ0n) is 18.5. The number of anilines is 1. The van der Waals surface area contributed by atoms with E-state index in [0.717, 1.165) is 40.2 Å². The van der Waals surface area contributed by atoms with Crippen molar-refractivity contribution in [2.45, 2.75) is 32.2 Å². The normalized spacial score (nSPS) is 15.3. The maximum Gasteiger partial charge on any atom is 0.226 e. The Morgan fingerprint density at radius 2 is 1.79 bits per heavy atom. The number of fused-ring (bicyclic) bond motifs is 2. The molecule has 0 spiro atoms. The molecule has 2 amide bonds. The van der Waals surface area contributed by atoms with Gasteiger partial charge < -0.3 is 10.2 Å². The van der Waals surface area contributed by atoms with Gasteiger partial charge in [0.2, 0.25) is 11.8 Å². The molecule has 0 bridgehead atoms. The quantitative estimate of drug-likeness (QED) is 0.441. The maximum atomic E-state index is 12.9. The highest BCUT2D eigenvalue weighted by Gasteiger charge is 2.30. The van der Waals surface area contributed by atoms with Crippen LogP contribution in [-0.4, -0.2) is 28.2 Å². The first-order chi connectivity index (χ1) is 16.1. The molecule has 33 heavy (non-hydrogen) atoms. The Kier molecular flexibility index (Phi) is 5.92. The summed E-state index contributed by atoms with van der Waals surface area (Å²) in [7, 11) is 0. The molecule has 3 aromatic carbocycles. The van der Waals surface area contributed by atoms with Crippen LogP contribution in [0.25, 0.3) is 10.2 Å². The van der Waals surface area contributed by atoms with Gasteiger partial charge in [-0.2, -0.15) is 0 Å². The average Bonchev–Trinajstić information content (AvgIpc) is 3.22. The fourth-order valence-corrected chi connectivity index (χ4v) is 5.51. The van der Waals surface area contributed by atoms with E-state index in [2.05, 4.69) is 17.4 Å². The molecular formula is C27H25N3O2S. The number of carbonyl (C=O) groups is 2. The molecule has 1 aromatic heterocycles. The lowest BCUT2D eigenvalue weighted by atomic mass is 9.90. The van der Waals surface area contributed by atoms with E-state index in [1.807, 2.05) is 65.6 Å². The molecule has 1 N–H and O–H groups in total. The number of hydrogen-bond acceptors (Lipinski definition) is 4. The molecule has 0 saturated heterocycles. The van der Waals surface area contributed by atoms with Crippen molar-refractivity contribution in [1.82, 2.24) is 9.88 Å². The molecule has 1 atom stereocenters. The van der Waals surface area contributed by atoms with Gasteiger partial charge in [-0.25, -0.2) is 4.98 Å². The van der Waals surface area contributed by atoms with Crippen molar-refractivity contribution >= 4 is 39.1 Å². The zero-order valence-corrected chi connectivity index (χ0v) is 19.3. The van der Waals surface area contributed by atoms with Crippen LogP contribution in [0, 0.1) is 0 Å². The number of nitrogens with zero attached hydrogens (tertiary/aromatic N) is 2. The number of aromatic nitrogens is 1. The Labute approximate surface area is 197 Å². The van der Waals surface area contributed by atoms with E-state index >= 15 is 0 Å². The van der Waals surface area contributed by atoms with Crippen LogP contribution in [0.2, 0.25) is 0 Å². The summed E-state index contributed by atoms with van der Waals surface area (Å²) in [6, 6.07) is 23.9. The number of nitrogens with one attached hydrogen (secondary N) is 1. The van der Waals surface area contributed by atoms with Crippen molar-refractivity contribution in [3.05, 3.63) is 94.5 Å². The van der Waals surface area contributed by atoms with Crippen molar-refractivity contribution in [2.75, 3.05) is 11.9 Å². The second-order valence-corrected chi connectivity index (χ2v) is 9.49. The van der Waals surface area contributed by atoms with Gasteiger partial charge in [-0.1, -0.05) is 48.5 Å². The second kappa shape index (κ2) is 9.16. The van der Waals surface area contributed by atoms with E-state index in [0.29, 0.717) is 6.54 Å². The van der Waals surface area contributed by atoms with Crippen molar-refractivity contribution < 1.29 is 9.59 Å². The minimum Gasteiger partial charge on any atom is -0.335 e. The van der Waals surface area contributed by atoms with Gasteiger partial charge in [0.1, 0.15) is 0 Å². The summed E-state index contributed by atoms with van der Waals surface area (Å²) >= 11 is 1.71. The molecule has 6 heteroatoms. The minimum absolute atomic E-state index is 0.00139. The van der Waals surface area contributed by atoms with E-state index in [1.165, 1.54) is 10.3 Å². The van der Waals surface area contributed by atoms with E-state index in [9.17, 15) is 9.59 Å². The molecule has 0 fully saturated rings. The van der Waals surface area contributed by atoms with Crippen LogP contribution in [0.15, 0.2) is 72.8 Å². The number of amides is 2. The van der Waals surface area contributed by atoms with Crippen LogP contribution in [0.3, 0.4) is 0 Å². The predicted octanol–water partition coefficient (Wildman–Crippen LogP) is 5.36. The largest absolute Gasteiger partial charge is 0.335 e. The standard InChI is InChI=1S/C27H25N3O2S/c1-18(31)30-15-14-20-6-2-3-7-22(20)24(30)17-26(32)28-21-12-10-19(11-13-21)16-27-29-23-8-4-5-9-25(23)33-27/h2-13,24H,14-17H2,1H3,(H,28,32). The van der Waals surface area contributed by atoms with Gasteiger partial charge in [-0.15, -0.1) is 11.3 Å². The van der Waals surface area contributed by atoms with Crippen molar-refractivity contribution in [3.8, 4) is 0 Å². The van der Waals surface area contributed by atoms with E-state index in [4.69, 9.17) is 4.98 Å². The van der Waals surface area contributed by atoms with Crippen LogP contribution in [0.5, 0.6) is 0 Å².